The first-order valence-corrected chi connectivity index (χ1v) is 9.63. The highest BCUT2D eigenvalue weighted by Gasteiger charge is 2.21. The number of carbonyl (C=O) groups is 1. The molecule has 29 heavy (non-hydrogen) atoms. The molecule has 0 aliphatic heterocycles. The second-order valence-corrected chi connectivity index (χ2v) is 6.75. The molecule has 0 saturated heterocycles. The van der Waals surface area contributed by atoms with Crippen molar-refractivity contribution in [3.8, 4) is 11.5 Å². The first-order chi connectivity index (χ1) is 14.2. The Balaban J connectivity index is 1.67. The SMILES string of the molecule is COc1ccc(CCNC(=O)C(Cc2cccnc2)c2ccccc2)c(OC)c1. The van der Waals surface area contributed by atoms with Crippen LogP contribution in [0.25, 0.3) is 0 Å². The van der Waals surface area contributed by atoms with E-state index in [-0.39, 0.29) is 11.8 Å². The molecule has 0 bridgehead atoms. The van der Waals surface area contributed by atoms with E-state index in [0.717, 1.165) is 28.2 Å². The predicted molar refractivity (Wildman–Crippen MR) is 113 cm³/mol. The van der Waals surface area contributed by atoms with Crippen LogP contribution in [0.3, 0.4) is 0 Å². The first kappa shape index (κ1) is 20.4. The third-order valence-corrected chi connectivity index (χ3v) is 4.87. The molecule has 150 valence electrons. The second-order valence-electron chi connectivity index (χ2n) is 6.75. The Labute approximate surface area is 171 Å². The summed E-state index contributed by atoms with van der Waals surface area (Å²) in [6.45, 7) is 0.526. The van der Waals surface area contributed by atoms with Crippen LogP contribution < -0.4 is 14.8 Å². The number of hydrogen-bond acceptors (Lipinski definition) is 4. The zero-order chi connectivity index (χ0) is 20.5. The fraction of sp³-hybridized carbons (Fsp3) is 0.250. The number of nitrogens with zero attached hydrogens (tertiary/aromatic N) is 1. The molecule has 0 saturated carbocycles. The summed E-state index contributed by atoms with van der Waals surface area (Å²) in [5.74, 6) is 1.24. The molecule has 1 aromatic heterocycles. The van der Waals surface area contributed by atoms with E-state index in [1.165, 1.54) is 0 Å². The number of benzene rings is 2. The van der Waals surface area contributed by atoms with E-state index in [1.54, 1.807) is 20.4 Å². The van der Waals surface area contributed by atoms with Crippen molar-refractivity contribution in [3.63, 3.8) is 0 Å². The monoisotopic (exact) mass is 390 g/mol. The van der Waals surface area contributed by atoms with Crippen LogP contribution >= 0.6 is 0 Å². The molecule has 1 N–H and O–H groups in total. The van der Waals surface area contributed by atoms with Crippen molar-refractivity contribution in [1.29, 1.82) is 0 Å². The molecule has 0 aliphatic carbocycles. The number of hydrogen-bond donors (Lipinski definition) is 1. The van der Waals surface area contributed by atoms with Gasteiger partial charge in [-0.05, 0) is 41.7 Å². The minimum absolute atomic E-state index is 0.00697. The molecule has 1 unspecified atom stereocenters. The van der Waals surface area contributed by atoms with Gasteiger partial charge in [0.2, 0.25) is 5.91 Å². The quantitative estimate of drug-likeness (QED) is 0.604. The molecule has 0 fully saturated rings. The van der Waals surface area contributed by atoms with Gasteiger partial charge >= 0.3 is 0 Å². The Bertz CT molecular complexity index is 914. The van der Waals surface area contributed by atoms with Gasteiger partial charge in [0.1, 0.15) is 11.5 Å². The summed E-state index contributed by atoms with van der Waals surface area (Å²) in [5, 5.41) is 3.08. The van der Waals surface area contributed by atoms with E-state index in [4.69, 9.17) is 9.47 Å². The van der Waals surface area contributed by atoms with Crippen LogP contribution in [0.1, 0.15) is 22.6 Å². The summed E-state index contributed by atoms with van der Waals surface area (Å²) in [7, 11) is 3.26. The summed E-state index contributed by atoms with van der Waals surface area (Å²) in [4.78, 5) is 17.2. The maximum Gasteiger partial charge on any atom is 0.227 e. The second kappa shape index (κ2) is 10.3. The average Bonchev–Trinajstić information content (AvgIpc) is 2.78. The maximum atomic E-state index is 13.0. The minimum atomic E-state index is -0.266. The van der Waals surface area contributed by atoms with Gasteiger partial charge in [-0.2, -0.15) is 0 Å². The molecule has 3 aromatic rings. The Hall–Kier alpha value is -3.34. The molecule has 5 nitrogen and oxygen atoms in total. The molecule has 1 atom stereocenters. The van der Waals surface area contributed by atoms with Crippen LogP contribution in [-0.4, -0.2) is 31.7 Å². The molecule has 1 heterocycles. The zero-order valence-electron chi connectivity index (χ0n) is 16.8. The van der Waals surface area contributed by atoms with E-state index in [9.17, 15) is 4.79 Å². The maximum absolute atomic E-state index is 13.0. The number of amides is 1. The highest BCUT2D eigenvalue weighted by molar-refractivity contribution is 5.84. The Morgan fingerprint density at radius 3 is 2.55 bits per heavy atom. The van der Waals surface area contributed by atoms with Crippen LogP contribution in [0.5, 0.6) is 11.5 Å². The number of aromatic nitrogens is 1. The van der Waals surface area contributed by atoms with Gasteiger partial charge in [0.25, 0.3) is 0 Å². The van der Waals surface area contributed by atoms with E-state index in [1.807, 2.05) is 66.9 Å². The molecular formula is C24H26N2O3. The van der Waals surface area contributed by atoms with E-state index in [2.05, 4.69) is 10.3 Å². The predicted octanol–water partition coefficient (Wildman–Crippen LogP) is 3.78. The molecule has 3 rings (SSSR count). The number of methoxy groups -OCH3 is 2. The summed E-state index contributed by atoms with van der Waals surface area (Å²) < 4.78 is 10.7. The topological polar surface area (TPSA) is 60.5 Å². The van der Waals surface area contributed by atoms with Crippen LogP contribution in [0.2, 0.25) is 0 Å². The van der Waals surface area contributed by atoms with Crippen LogP contribution in [0, 0.1) is 0 Å². The molecule has 0 radical (unpaired) electrons. The Morgan fingerprint density at radius 1 is 1.03 bits per heavy atom. The lowest BCUT2D eigenvalue weighted by atomic mass is 9.91. The summed E-state index contributed by atoms with van der Waals surface area (Å²) in [5.41, 5.74) is 3.06. The van der Waals surface area contributed by atoms with Gasteiger partial charge in [-0.15, -0.1) is 0 Å². The lowest BCUT2D eigenvalue weighted by Gasteiger charge is -2.18. The molecule has 1 amide bonds. The number of carbonyl (C=O) groups excluding carboxylic acids is 1. The van der Waals surface area contributed by atoms with Crippen molar-refractivity contribution >= 4 is 5.91 Å². The van der Waals surface area contributed by atoms with Crippen LogP contribution in [-0.2, 0) is 17.6 Å². The molecular weight excluding hydrogens is 364 g/mol. The van der Waals surface area contributed by atoms with Crippen molar-refractivity contribution in [2.45, 2.75) is 18.8 Å². The zero-order valence-corrected chi connectivity index (χ0v) is 16.8. The van der Waals surface area contributed by atoms with Crippen LogP contribution in [0.4, 0.5) is 0 Å². The van der Waals surface area contributed by atoms with Gasteiger partial charge in [0, 0.05) is 25.0 Å². The first-order valence-electron chi connectivity index (χ1n) is 9.63. The highest BCUT2D eigenvalue weighted by Crippen LogP contribution is 2.25. The smallest absolute Gasteiger partial charge is 0.227 e. The normalized spacial score (nSPS) is 11.5. The molecule has 2 aromatic carbocycles. The van der Waals surface area contributed by atoms with Gasteiger partial charge < -0.3 is 14.8 Å². The average molecular weight is 390 g/mol. The van der Waals surface area contributed by atoms with Gasteiger partial charge in [-0.25, -0.2) is 0 Å². The standard InChI is InChI=1S/C24H26N2O3/c1-28-21-11-10-20(23(16-21)29-2)12-14-26-24(27)22(19-8-4-3-5-9-19)15-18-7-6-13-25-17-18/h3-11,13,16-17,22H,12,14-15H2,1-2H3,(H,26,27). The molecule has 0 spiro atoms. The number of nitrogens with one attached hydrogen (secondary N) is 1. The highest BCUT2D eigenvalue weighted by atomic mass is 16.5. The van der Waals surface area contributed by atoms with E-state index in [0.29, 0.717) is 19.4 Å². The van der Waals surface area contributed by atoms with Crippen molar-refractivity contribution in [2.75, 3.05) is 20.8 Å². The fourth-order valence-corrected chi connectivity index (χ4v) is 3.30. The summed E-state index contributed by atoms with van der Waals surface area (Å²) in [6.07, 6.45) is 4.83. The molecule has 0 aliphatic rings. The van der Waals surface area contributed by atoms with Crippen molar-refractivity contribution in [1.82, 2.24) is 10.3 Å². The van der Waals surface area contributed by atoms with E-state index < -0.39 is 0 Å². The largest absolute Gasteiger partial charge is 0.497 e. The van der Waals surface area contributed by atoms with Crippen molar-refractivity contribution in [3.05, 3.63) is 89.7 Å². The Kier molecular flexibility index (Phi) is 7.22. The van der Waals surface area contributed by atoms with Gasteiger partial charge in [0.15, 0.2) is 0 Å². The lowest BCUT2D eigenvalue weighted by molar-refractivity contribution is -0.122. The van der Waals surface area contributed by atoms with Gasteiger partial charge in [-0.3, -0.25) is 9.78 Å². The van der Waals surface area contributed by atoms with Crippen molar-refractivity contribution < 1.29 is 14.3 Å². The fourth-order valence-electron chi connectivity index (χ4n) is 3.30. The number of ether oxygens (including phenoxy) is 2. The lowest BCUT2D eigenvalue weighted by Crippen LogP contribution is -2.32. The van der Waals surface area contributed by atoms with Crippen LogP contribution in [0.15, 0.2) is 73.1 Å². The number of pyridine rings is 1. The van der Waals surface area contributed by atoms with Gasteiger partial charge in [-0.1, -0.05) is 42.5 Å². The summed E-state index contributed by atoms with van der Waals surface area (Å²) >= 11 is 0. The summed E-state index contributed by atoms with van der Waals surface area (Å²) in [6, 6.07) is 19.5. The minimum Gasteiger partial charge on any atom is -0.497 e. The number of rotatable bonds is 9. The third kappa shape index (κ3) is 5.57. The molecule has 5 heteroatoms. The van der Waals surface area contributed by atoms with E-state index >= 15 is 0 Å². The Morgan fingerprint density at radius 2 is 1.86 bits per heavy atom. The third-order valence-electron chi connectivity index (χ3n) is 4.87. The van der Waals surface area contributed by atoms with Gasteiger partial charge in [0.05, 0.1) is 20.1 Å². The van der Waals surface area contributed by atoms with Crippen molar-refractivity contribution in [2.24, 2.45) is 0 Å².